The molecule has 2 nitrogen and oxygen atoms in total. The second-order valence-electron chi connectivity index (χ2n) is 2.65. The van der Waals surface area contributed by atoms with E-state index in [0.29, 0.717) is 5.75 Å². The molecule has 0 saturated heterocycles. The fraction of sp³-hybridized carbons (Fsp3) is 0.857. The molecule has 0 aliphatic rings. The van der Waals surface area contributed by atoms with Crippen LogP contribution < -0.4 is 0 Å². The van der Waals surface area contributed by atoms with Crippen LogP contribution in [-0.2, 0) is 4.79 Å². The number of nitrogens with zero attached hydrogens (tertiary/aromatic N) is 1. The van der Waals surface area contributed by atoms with E-state index >= 15 is 0 Å². The van der Waals surface area contributed by atoms with Gasteiger partial charge in [0.15, 0.2) is 0 Å². The van der Waals surface area contributed by atoms with Crippen LogP contribution >= 0.6 is 12.6 Å². The van der Waals surface area contributed by atoms with E-state index in [0.717, 1.165) is 4.90 Å². The predicted octanol–water partition coefficient (Wildman–Crippen LogP) is 1.72. The fourth-order valence-electron chi connectivity index (χ4n) is 0.706. The first kappa shape index (κ1) is 12.6. The van der Waals surface area contributed by atoms with E-state index in [1.54, 1.807) is 0 Å². The molecule has 0 heterocycles. The lowest BCUT2D eigenvalue weighted by Crippen LogP contribution is -2.30. The summed E-state index contributed by atoms with van der Waals surface area (Å²) in [5.41, 5.74) is 0. The first-order chi connectivity index (χ1) is 5.87. The summed E-state index contributed by atoms with van der Waals surface area (Å²) in [6, 6.07) is 0. The molecule has 0 aromatic carbocycles. The third-order valence-corrected chi connectivity index (χ3v) is 1.71. The van der Waals surface area contributed by atoms with Gasteiger partial charge in [-0.15, -0.1) is 0 Å². The Bertz CT molecular complexity index is 172. The highest BCUT2D eigenvalue weighted by molar-refractivity contribution is 7.80. The molecule has 0 atom stereocenters. The van der Waals surface area contributed by atoms with E-state index in [-0.39, 0.29) is 18.9 Å². The zero-order chi connectivity index (χ0) is 10.5. The van der Waals surface area contributed by atoms with Crippen LogP contribution in [0.1, 0.15) is 12.8 Å². The van der Waals surface area contributed by atoms with Crippen molar-refractivity contribution in [3.8, 4) is 0 Å². The van der Waals surface area contributed by atoms with Crippen molar-refractivity contribution in [2.24, 2.45) is 0 Å². The van der Waals surface area contributed by atoms with Crippen molar-refractivity contribution < 1.29 is 18.0 Å². The minimum absolute atomic E-state index is 0.178. The first-order valence-corrected chi connectivity index (χ1v) is 4.41. The summed E-state index contributed by atoms with van der Waals surface area (Å²) in [7, 11) is 1.36. The van der Waals surface area contributed by atoms with E-state index < -0.39 is 12.6 Å². The van der Waals surface area contributed by atoms with Crippen LogP contribution in [0.15, 0.2) is 0 Å². The van der Waals surface area contributed by atoms with Gasteiger partial charge in [-0.05, 0) is 5.75 Å². The fourth-order valence-corrected chi connectivity index (χ4v) is 0.897. The van der Waals surface area contributed by atoms with Crippen molar-refractivity contribution in [3.63, 3.8) is 0 Å². The number of amides is 1. The van der Waals surface area contributed by atoms with Gasteiger partial charge in [0, 0.05) is 20.0 Å². The topological polar surface area (TPSA) is 20.3 Å². The highest BCUT2D eigenvalue weighted by atomic mass is 32.1. The number of thiol groups is 1. The van der Waals surface area contributed by atoms with Gasteiger partial charge in [0.1, 0.15) is 0 Å². The second-order valence-corrected chi connectivity index (χ2v) is 3.10. The zero-order valence-electron chi connectivity index (χ0n) is 7.26. The number of alkyl halides is 3. The van der Waals surface area contributed by atoms with E-state index in [1.165, 1.54) is 7.05 Å². The van der Waals surface area contributed by atoms with Crippen LogP contribution in [0.2, 0.25) is 0 Å². The Morgan fingerprint density at radius 2 is 2.00 bits per heavy atom. The van der Waals surface area contributed by atoms with Gasteiger partial charge in [-0.25, -0.2) is 0 Å². The Kier molecular flexibility index (Phi) is 5.20. The molecule has 78 valence electrons. The van der Waals surface area contributed by atoms with E-state index in [4.69, 9.17) is 0 Å². The predicted molar refractivity (Wildman–Crippen MR) is 46.8 cm³/mol. The van der Waals surface area contributed by atoms with Gasteiger partial charge >= 0.3 is 6.18 Å². The number of carbonyl (C=O) groups excluding carboxylic acids is 1. The van der Waals surface area contributed by atoms with Gasteiger partial charge in [0.25, 0.3) is 0 Å². The summed E-state index contributed by atoms with van der Waals surface area (Å²) in [6.45, 7) is -0.282. The van der Waals surface area contributed by atoms with Crippen molar-refractivity contribution in [2.75, 3.05) is 19.3 Å². The average Bonchev–Trinajstić information content (AvgIpc) is 1.99. The van der Waals surface area contributed by atoms with E-state index in [1.807, 2.05) is 0 Å². The summed E-state index contributed by atoms with van der Waals surface area (Å²) < 4.78 is 35.1. The molecule has 0 fully saturated rings. The normalized spacial score (nSPS) is 11.5. The van der Waals surface area contributed by atoms with Gasteiger partial charge in [-0.1, -0.05) is 0 Å². The van der Waals surface area contributed by atoms with Gasteiger partial charge in [0.05, 0.1) is 6.42 Å². The minimum atomic E-state index is -4.20. The molecule has 13 heavy (non-hydrogen) atoms. The molecular weight excluding hydrogens is 203 g/mol. The second kappa shape index (κ2) is 5.36. The van der Waals surface area contributed by atoms with Gasteiger partial charge in [-0.2, -0.15) is 25.8 Å². The standard InChI is InChI=1S/C7H12F3NOS/c1-11(6(12)2-5-13)4-3-7(8,9)10/h13H,2-5H2,1H3. The first-order valence-electron chi connectivity index (χ1n) is 3.78. The lowest BCUT2D eigenvalue weighted by atomic mass is 10.3. The van der Waals surface area contributed by atoms with E-state index in [9.17, 15) is 18.0 Å². The molecule has 0 saturated carbocycles. The van der Waals surface area contributed by atoms with Crippen LogP contribution in [0, 0.1) is 0 Å². The molecule has 0 radical (unpaired) electrons. The van der Waals surface area contributed by atoms with Crippen LogP contribution in [0.5, 0.6) is 0 Å². The molecule has 0 N–H and O–H groups in total. The Morgan fingerprint density at radius 1 is 1.46 bits per heavy atom. The van der Waals surface area contributed by atoms with Crippen molar-refractivity contribution in [1.29, 1.82) is 0 Å². The van der Waals surface area contributed by atoms with Crippen molar-refractivity contribution >= 4 is 18.5 Å². The summed E-state index contributed by atoms with van der Waals surface area (Å²) >= 11 is 3.81. The SMILES string of the molecule is CN(CCC(F)(F)F)C(=O)CCS. The number of hydrogen-bond donors (Lipinski definition) is 1. The molecule has 0 aromatic heterocycles. The molecule has 0 bridgehead atoms. The number of rotatable bonds is 4. The Balaban J connectivity index is 3.74. The lowest BCUT2D eigenvalue weighted by Gasteiger charge is -2.17. The largest absolute Gasteiger partial charge is 0.390 e. The van der Waals surface area contributed by atoms with Crippen molar-refractivity contribution in [1.82, 2.24) is 4.90 Å². The zero-order valence-corrected chi connectivity index (χ0v) is 8.16. The number of halogens is 3. The molecule has 6 heteroatoms. The number of hydrogen-bond acceptors (Lipinski definition) is 2. The average molecular weight is 215 g/mol. The summed E-state index contributed by atoms with van der Waals surface area (Å²) in [5.74, 6) is 0.0501. The van der Waals surface area contributed by atoms with Gasteiger partial charge < -0.3 is 4.90 Å². The minimum Gasteiger partial charge on any atom is -0.345 e. The third-order valence-electron chi connectivity index (χ3n) is 1.48. The molecule has 0 aliphatic carbocycles. The van der Waals surface area contributed by atoms with Gasteiger partial charge in [0.2, 0.25) is 5.91 Å². The van der Waals surface area contributed by atoms with Crippen LogP contribution in [0.25, 0.3) is 0 Å². The van der Waals surface area contributed by atoms with Crippen molar-refractivity contribution in [3.05, 3.63) is 0 Å². The molecule has 0 rings (SSSR count). The Labute approximate surface area is 80.5 Å². The third kappa shape index (κ3) is 6.74. The maximum atomic E-state index is 11.7. The Hall–Kier alpha value is -0.390. The quantitative estimate of drug-likeness (QED) is 0.708. The van der Waals surface area contributed by atoms with Crippen LogP contribution in [0.4, 0.5) is 13.2 Å². The molecule has 0 unspecified atom stereocenters. The summed E-state index contributed by atoms with van der Waals surface area (Å²) in [6.07, 6.45) is -4.98. The van der Waals surface area contributed by atoms with Crippen LogP contribution in [-0.4, -0.2) is 36.3 Å². The molecular formula is C7H12F3NOS. The molecule has 0 aromatic rings. The van der Waals surface area contributed by atoms with Crippen molar-refractivity contribution in [2.45, 2.75) is 19.0 Å². The lowest BCUT2D eigenvalue weighted by molar-refractivity contribution is -0.143. The van der Waals surface area contributed by atoms with Gasteiger partial charge in [-0.3, -0.25) is 4.79 Å². The molecule has 0 aliphatic heterocycles. The van der Waals surface area contributed by atoms with E-state index in [2.05, 4.69) is 12.6 Å². The highest BCUT2D eigenvalue weighted by Gasteiger charge is 2.27. The summed E-state index contributed by atoms with van der Waals surface area (Å²) in [4.78, 5) is 12.0. The maximum Gasteiger partial charge on any atom is 0.390 e. The number of carbonyl (C=O) groups is 1. The smallest absolute Gasteiger partial charge is 0.345 e. The maximum absolute atomic E-state index is 11.7. The molecule has 0 spiro atoms. The van der Waals surface area contributed by atoms with Crippen LogP contribution in [0.3, 0.4) is 0 Å². The Morgan fingerprint density at radius 3 is 2.38 bits per heavy atom. The summed E-state index contributed by atoms with van der Waals surface area (Å²) in [5, 5.41) is 0. The monoisotopic (exact) mass is 215 g/mol. The highest BCUT2D eigenvalue weighted by Crippen LogP contribution is 2.19. The molecule has 1 amide bonds.